The molecule has 1 aliphatic rings. The Morgan fingerprint density at radius 1 is 1.24 bits per heavy atom. The van der Waals surface area contributed by atoms with Gasteiger partial charge in [-0.3, -0.25) is 4.72 Å². The number of rotatable bonds is 6. The van der Waals surface area contributed by atoms with Gasteiger partial charge in [-0.1, -0.05) is 35.3 Å². The maximum absolute atomic E-state index is 6.04. The van der Waals surface area contributed by atoms with E-state index in [1.807, 2.05) is 18.2 Å². The predicted molar refractivity (Wildman–Crippen MR) is 109 cm³/mol. The Balaban J connectivity index is 1.49. The molecular formula is C18H22Cl2N4S. The van der Waals surface area contributed by atoms with Gasteiger partial charge in [-0.05, 0) is 53.0 Å². The molecule has 1 aliphatic heterocycles. The molecule has 2 aromatic rings. The average molecular weight is 397 g/mol. The number of benzene rings is 1. The average Bonchev–Trinajstić information content (AvgIpc) is 2.62. The molecule has 4 nitrogen and oxygen atoms in total. The molecule has 7 heteroatoms. The summed E-state index contributed by atoms with van der Waals surface area (Å²) in [5.74, 6) is 1.05. The van der Waals surface area contributed by atoms with Gasteiger partial charge in [0.25, 0.3) is 0 Å². The summed E-state index contributed by atoms with van der Waals surface area (Å²) in [7, 11) is -0.203. The molecule has 3 rings (SSSR count). The number of nitrogens with one attached hydrogen (secondary N) is 2. The van der Waals surface area contributed by atoms with Crippen LogP contribution in [0.2, 0.25) is 10.0 Å². The van der Waals surface area contributed by atoms with Crippen molar-refractivity contribution >= 4 is 39.9 Å². The van der Waals surface area contributed by atoms with E-state index in [2.05, 4.69) is 32.8 Å². The van der Waals surface area contributed by atoms with Crippen LogP contribution < -0.4 is 10.0 Å². The number of hydrogen-bond donors (Lipinski definition) is 2. The minimum atomic E-state index is -0.203. The highest BCUT2D eigenvalue weighted by Gasteiger charge is 2.09. The van der Waals surface area contributed by atoms with E-state index in [4.69, 9.17) is 28.2 Å². The lowest BCUT2D eigenvalue weighted by Gasteiger charge is -2.17. The number of aromatic nitrogens is 1. The summed E-state index contributed by atoms with van der Waals surface area (Å²) in [5, 5.41) is 4.54. The Morgan fingerprint density at radius 2 is 2.12 bits per heavy atom. The van der Waals surface area contributed by atoms with Gasteiger partial charge < -0.3 is 5.32 Å². The maximum Gasteiger partial charge on any atom is 0.129 e. The first-order chi connectivity index (χ1) is 12.1. The lowest BCUT2D eigenvalue weighted by Crippen LogP contribution is -2.16. The Morgan fingerprint density at radius 3 is 2.96 bits per heavy atom. The molecule has 134 valence electrons. The van der Waals surface area contributed by atoms with Crippen molar-refractivity contribution in [3.8, 4) is 0 Å². The molecule has 0 radical (unpaired) electrons. The third-order valence-corrected chi connectivity index (χ3v) is 5.94. The van der Waals surface area contributed by atoms with Gasteiger partial charge in [0.1, 0.15) is 5.82 Å². The fourth-order valence-electron chi connectivity index (χ4n) is 2.69. The third kappa shape index (κ3) is 5.42. The molecule has 2 heterocycles. The number of hydrogen-bond acceptors (Lipinski definition) is 3. The van der Waals surface area contributed by atoms with Crippen molar-refractivity contribution in [3.05, 3.63) is 57.2 Å². The van der Waals surface area contributed by atoms with E-state index in [9.17, 15) is 0 Å². The molecule has 0 saturated heterocycles. The van der Waals surface area contributed by atoms with Gasteiger partial charge in [-0.15, -0.1) is 0 Å². The normalized spacial score (nSPS) is 14.8. The summed E-state index contributed by atoms with van der Waals surface area (Å²) in [6.07, 6.45) is 5.25. The van der Waals surface area contributed by atoms with Crippen LogP contribution in [0.5, 0.6) is 0 Å². The fourth-order valence-corrected chi connectivity index (χ4v) is 3.84. The Hall–Kier alpha value is -1.14. The summed E-state index contributed by atoms with van der Waals surface area (Å²) in [6, 6.07) is 10.00. The van der Waals surface area contributed by atoms with E-state index in [0.29, 0.717) is 10.0 Å². The molecule has 1 aromatic heterocycles. The largest absolute Gasteiger partial charge is 0.370 e. The summed E-state index contributed by atoms with van der Waals surface area (Å²) in [5.41, 5.74) is 3.52. The Bertz CT molecular complexity index is 780. The van der Waals surface area contributed by atoms with Gasteiger partial charge in [0.15, 0.2) is 0 Å². The van der Waals surface area contributed by atoms with Crippen LogP contribution in [-0.4, -0.2) is 24.3 Å². The molecule has 0 spiro atoms. The van der Waals surface area contributed by atoms with Crippen LogP contribution in [0, 0.1) is 0 Å². The highest BCUT2D eigenvalue weighted by molar-refractivity contribution is 7.84. The Labute approximate surface area is 161 Å². The quantitative estimate of drug-likeness (QED) is 0.759. The van der Waals surface area contributed by atoms with Gasteiger partial charge >= 0.3 is 0 Å². The minimum Gasteiger partial charge on any atom is -0.370 e. The highest BCUT2D eigenvalue weighted by atomic mass is 35.5. The second kappa shape index (κ2) is 8.99. The van der Waals surface area contributed by atoms with Gasteiger partial charge in [0, 0.05) is 31.5 Å². The van der Waals surface area contributed by atoms with Crippen molar-refractivity contribution in [2.24, 2.45) is 4.36 Å². The number of aryl methyl sites for hydroxylation is 1. The molecule has 2 N–H and O–H groups in total. The van der Waals surface area contributed by atoms with Crippen LogP contribution >= 0.6 is 23.2 Å². The van der Waals surface area contributed by atoms with Crippen LogP contribution in [0.15, 0.2) is 34.7 Å². The van der Waals surface area contributed by atoms with E-state index >= 15 is 0 Å². The summed E-state index contributed by atoms with van der Waals surface area (Å²) < 4.78 is 8.09. The molecule has 0 aliphatic carbocycles. The van der Waals surface area contributed by atoms with Crippen molar-refractivity contribution in [1.82, 2.24) is 9.71 Å². The standard InChI is InChI=1S/C18H22Cl2N4S/c1-25(23-12-13-4-7-16(19)17(20)11-13)22-10-8-15-6-5-14-3-2-9-21-18(14)24-15/h4-7,11H,2-3,8-10,12H2,1H3,(H,21,24)(H,22,23). The summed E-state index contributed by atoms with van der Waals surface area (Å²) >= 11 is 12.0. The second-order valence-electron chi connectivity index (χ2n) is 5.99. The molecule has 1 aromatic carbocycles. The maximum atomic E-state index is 6.04. The number of halogens is 2. The third-order valence-electron chi connectivity index (χ3n) is 4.07. The number of nitrogens with zero attached hydrogens (tertiary/aromatic N) is 2. The van der Waals surface area contributed by atoms with Crippen LogP contribution in [-0.2, 0) is 30.3 Å². The Kier molecular flexibility index (Phi) is 6.70. The van der Waals surface area contributed by atoms with Crippen molar-refractivity contribution in [2.45, 2.75) is 25.8 Å². The molecular weight excluding hydrogens is 375 g/mol. The monoisotopic (exact) mass is 396 g/mol. The van der Waals surface area contributed by atoms with E-state index in [1.165, 1.54) is 12.0 Å². The first-order valence-electron chi connectivity index (χ1n) is 8.35. The van der Waals surface area contributed by atoms with Crippen LogP contribution in [0.3, 0.4) is 0 Å². The highest BCUT2D eigenvalue weighted by Crippen LogP contribution is 2.22. The molecule has 0 amide bonds. The molecule has 0 bridgehead atoms. The number of fused-ring (bicyclic) bond motifs is 1. The van der Waals surface area contributed by atoms with Crippen molar-refractivity contribution in [2.75, 3.05) is 24.7 Å². The van der Waals surface area contributed by atoms with E-state index in [1.54, 1.807) is 0 Å². The summed E-state index contributed by atoms with van der Waals surface area (Å²) in [6.45, 7) is 2.51. The van der Waals surface area contributed by atoms with Crippen molar-refractivity contribution in [3.63, 3.8) is 0 Å². The topological polar surface area (TPSA) is 49.3 Å². The second-order valence-corrected chi connectivity index (χ2v) is 8.31. The van der Waals surface area contributed by atoms with Crippen LogP contribution in [0.4, 0.5) is 5.82 Å². The first kappa shape index (κ1) is 18.6. The van der Waals surface area contributed by atoms with Crippen LogP contribution in [0.25, 0.3) is 0 Å². The summed E-state index contributed by atoms with van der Waals surface area (Å²) in [4.78, 5) is 4.71. The van der Waals surface area contributed by atoms with Crippen molar-refractivity contribution < 1.29 is 0 Å². The smallest absolute Gasteiger partial charge is 0.129 e. The van der Waals surface area contributed by atoms with Crippen molar-refractivity contribution in [1.29, 1.82) is 0 Å². The zero-order chi connectivity index (χ0) is 17.6. The molecule has 1 unspecified atom stereocenters. The zero-order valence-corrected chi connectivity index (χ0v) is 16.5. The lowest BCUT2D eigenvalue weighted by atomic mass is 10.1. The molecule has 25 heavy (non-hydrogen) atoms. The van der Waals surface area contributed by atoms with Gasteiger partial charge in [0.2, 0.25) is 0 Å². The van der Waals surface area contributed by atoms with Gasteiger partial charge in [0.05, 0.1) is 16.6 Å². The van der Waals surface area contributed by atoms with E-state index < -0.39 is 0 Å². The molecule has 1 atom stereocenters. The first-order valence-corrected chi connectivity index (χ1v) is 10.7. The van der Waals surface area contributed by atoms with E-state index in [-0.39, 0.29) is 10.9 Å². The predicted octanol–water partition coefficient (Wildman–Crippen LogP) is 4.43. The number of pyridine rings is 1. The molecule has 0 saturated carbocycles. The zero-order valence-electron chi connectivity index (χ0n) is 14.2. The van der Waals surface area contributed by atoms with Crippen LogP contribution in [0.1, 0.15) is 23.2 Å². The fraction of sp³-hybridized carbons (Fsp3) is 0.389. The molecule has 0 fully saturated rings. The lowest BCUT2D eigenvalue weighted by molar-refractivity contribution is 0.807. The minimum absolute atomic E-state index is 0.203. The van der Waals surface area contributed by atoms with E-state index in [0.717, 1.165) is 49.6 Å². The number of anilines is 1. The van der Waals surface area contributed by atoms with Gasteiger partial charge in [-0.25, -0.2) is 9.35 Å². The SMILES string of the molecule is CS(=NCCc1ccc2c(n1)NCCC2)NCc1ccc(Cl)c(Cl)c1. The van der Waals surface area contributed by atoms with Gasteiger partial charge in [-0.2, -0.15) is 0 Å².